The molecule has 1 aliphatic rings. The fourth-order valence-electron chi connectivity index (χ4n) is 10.7. The van der Waals surface area contributed by atoms with E-state index < -0.39 is 8.07 Å². The largest absolute Gasteiger partial charge is 0.327 e. The number of rotatable bonds is 7. The summed E-state index contributed by atoms with van der Waals surface area (Å²) < 4.78 is 4.62. The van der Waals surface area contributed by atoms with Crippen molar-refractivity contribution >= 4 is 78.9 Å². The van der Waals surface area contributed by atoms with Gasteiger partial charge in [0.25, 0.3) is 0 Å². The van der Waals surface area contributed by atoms with Crippen LogP contribution >= 0.6 is 0 Å². The lowest BCUT2D eigenvalue weighted by Gasteiger charge is -2.42. The third-order valence-corrected chi connectivity index (χ3v) is 18.4. The average Bonchev–Trinajstić information content (AvgIpc) is 3.86. The Morgan fingerprint density at radius 3 is 1.84 bits per heavy atom. The highest BCUT2D eigenvalue weighted by Gasteiger charge is 2.42. The van der Waals surface area contributed by atoms with Crippen LogP contribution in [-0.4, -0.2) is 27.2 Å². The molecule has 0 aliphatic carbocycles. The van der Waals surface area contributed by atoms with Crippen LogP contribution in [0.1, 0.15) is 25.0 Å². The molecule has 0 unspecified atom stereocenters. The average molecular weight is 840 g/mol. The maximum absolute atomic E-state index is 5.17. The van der Waals surface area contributed by atoms with Crippen LogP contribution in [0.15, 0.2) is 219 Å². The highest BCUT2D eigenvalue weighted by molar-refractivity contribution is 7.20. The first kappa shape index (κ1) is 37.9. The summed E-state index contributed by atoms with van der Waals surface area (Å²) in [5.74, 6) is 0.954. The summed E-state index contributed by atoms with van der Waals surface area (Å²) in [5, 5.41) is 7.53. The third kappa shape index (κ3) is 5.62. The quantitative estimate of drug-likeness (QED) is 0.119. The van der Waals surface area contributed by atoms with Gasteiger partial charge in [-0.1, -0.05) is 159 Å². The normalized spacial score (nSPS) is 13.3. The zero-order valence-electron chi connectivity index (χ0n) is 36.0. The summed E-state index contributed by atoms with van der Waals surface area (Å²) in [5.41, 5.74) is 12.2. The van der Waals surface area contributed by atoms with E-state index in [2.05, 4.69) is 247 Å². The Morgan fingerprint density at radius 2 is 1.09 bits per heavy atom. The number of aromatic nitrogens is 4. The van der Waals surface area contributed by atoms with Gasteiger partial charge in [0.2, 0.25) is 0 Å². The van der Waals surface area contributed by atoms with Crippen molar-refractivity contribution in [3.63, 3.8) is 0 Å². The first-order chi connectivity index (χ1) is 31.4. The van der Waals surface area contributed by atoms with Gasteiger partial charge >= 0.3 is 0 Å². The molecule has 0 fully saturated rings. The molecule has 0 radical (unpaired) electrons. The lowest BCUT2D eigenvalue weighted by atomic mass is 9.73. The van der Waals surface area contributed by atoms with E-state index >= 15 is 0 Å². The number of imidazole rings is 1. The van der Waals surface area contributed by atoms with E-state index in [0.29, 0.717) is 0 Å². The maximum atomic E-state index is 5.17. The van der Waals surface area contributed by atoms with Crippen molar-refractivity contribution in [2.45, 2.75) is 19.3 Å². The van der Waals surface area contributed by atoms with Crippen molar-refractivity contribution in [2.24, 2.45) is 7.05 Å². The number of nitrogens with zero attached hydrogens (tertiary/aromatic N) is 5. The lowest BCUT2D eigenvalue weighted by molar-refractivity contribution is 0.633. The van der Waals surface area contributed by atoms with Gasteiger partial charge in [0.05, 0.1) is 27.9 Å². The van der Waals surface area contributed by atoms with Crippen molar-refractivity contribution in [1.82, 2.24) is 19.1 Å². The summed E-state index contributed by atoms with van der Waals surface area (Å²) in [4.78, 5) is 12.8. The number of fused-ring (bicyclic) bond motifs is 6. The SMILES string of the molecule is Cn1c(-c2cccc([Si](c3ccccc3)(c3ccccc3)c3cccc(-n4c5cc6c(cc5c5cccnc54)C(C)(C)c4ccccc4N6c4ccccc4)c3)c2)nc2ccccc21. The molecule has 0 N–H and O–H groups in total. The Balaban J connectivity index is 1.13. The second kappa shape index (κ2) is 14.7. The van der Waals surface area contributed by atoms with Gasteiger partial charge in [0.1, 0.15) is 11.5 Å². The molecule has 5 nitrogen and oxygen atoms in total. The minimum absolute atomic E-state index is 0.241. The lowest BCUT2D eigenvalue weighted by Crippen LogP contribution is -2.74. The Hall–Kier alpha value is -7.80. The van der Waals surface area contributed by atoms with Crippen molar-refractivity contribution in [3.8, 4) is 17.1 Å². The van der Waals surface area contributed by atoms with E-state index in [-0.39, 0.29) is 5.41 Å². The molecule has 4 heterocycles. The number of pyridine rings is 1. The Morgan fingerprint density at radius 1 is 0.469 bits per heavy atom. The maximum Gasteiger partial charge on any atom is 0.179 e. The first-order valence-corrected chi connectivity index (χ1v) is 24.1. The highest BCUT2D eigenvalue weighted by atomic mass is 28.3. The predicted molar refractivity (Wildman–Crippen MR) is 269 cm³/mol. The van der Waals surface area contributed by atoms with Gasteiger partial charge in [-0.25, -0.2) is 9.97 Å². The van der Waals surface area contributed by atoms with E-state index in [1.54, 1.807) is 0 Å². The molecule has 0 bridgehead atoms. The van der Waals surface area contributed by atoms with E-state index in [1.807, 2.05) is 6.20 Å². The predicted octanol–water partition coefficient (Wildman–Crippen LogP) is 11.2. The van der Waals surface area contributed by atoms with E-state index in [4.69, 9.17) is 9.97 Å². The van der Waals surface area contributed by atoms with Crippen LogP contribution in [0.3, 0.4) is 0 Å². The van der Waals surface area contributed by atoms with Crippen molar-refractivity contribution < 1.29 is 0 Å². The summed E-state index contributed by atoms with van der Waals surface area (Å²) in [7, 11) is -0.895. The highest BCUT2D eigenvalue weighted by Crippen LogP contribution is 2.53. The molecule has 11 aromatic rings. The zero-order valence-corrected chi connectivity index (χ0v) is 37.0. The second-order valence-electron chi connectivity index (χ2n) is 17.5. The monoisotopic (exact) mass is 839 g/mol. The fraction of sp³-hybridized carbons (Fsp3) is 0.0690. The van der Waals surface area contributed by atoms with Crippen molar-refractivity contribution in [3.05, 3.63) is 230 Å². The molecule has 0 atom stereocenters. The van der Waals surface area contributed by atoms with Crippen LogP contribution in [0.2, 0.25) is 0 Å². The van der Waals surface area contributed by atoms with E-state index in [0.717, 1.165) is 50.3 Å². The number of aryl methyl sites for hydroxylation is 1. The summed E-state index contributed by atoms with van der Waals surface area (Å²) in [6.07, 6.45) is 1.93. The van der Waals surface area contributed by atoms with Crippen LogP contribution in [0.25, 0.3) is 50.0 Å². The van der Waals surface area contributed by atoms with Crippen LogP contribution in [0.5, 0.6) is 0 Å². The summed E-state index contributed by atoms with van der Waals surface area (Å²) >= 11 is 0. The minimum Gasteiger partial charge on any atom is -0.327 e. The molecule has 1 aliphatic heterocycles. The number of hydrogen-bond acceptors (Lipinski definition) is 3. The van der Waals surface area contributed by atoms with Gasteiger partial charge in [-0.05, 0) is 98.6 Å². The van der Waals surface area contributed by atoms with Gasteiger partial charge in [-0.15, -0.1) is 0 Å². The van der Waals surface area contributed by atoms with Crippen LogP contribution < -0.4 is 25.6 Å². The molecule has 6 heteroatoms. The van der Waals surface area contributed by atoms with Crippen LogP contribution in [0.4, 0.5) is 17.1 Å². The molecule has 12 rings (SSSR count). The van der Waals surface area contributed by atoms with E-state index in [1.165, 1.54) is 48.6 Å². The molecule has 0 amide bonds. The molecular weight excluding hydrogens is 795 g/mol. The standard InChI is InChI=1S/C58H45N5Si/c1-58(2)49-31-13-15-33-52(49)62(41-21-7-4-8-22-41)55-39-54-48(38-50(55)58)47-30-19-35-59-57(47)63(54)42-23-18-29-46(37-42)64(43-24-9-5-10-25-43,44-26-11-6-12-27-44)45-28-17-20-40(36-45)56-60-51-32-14-16-34-53(51)61(56)3/h4-39H,1-3H3. The van der Waals surface area contributed by atoms with Gasteiger partial charge in [0, 0.05) is 46.4 Å². The second-order valence-corrected chi connectivity index (χ2v) is 21.3. The Labute approximate surface area is 374 Å². The van der Waals surface area contributed by atoms with Gasteiger partial charge < -0.3 is 9.47 Å². The topological polar surface area (TPSA) is 38.9 Å². The first-order valence-electron chi connectivity index (χ1n) is 22.1. The molecule has 3 aromatic heterocycles. The molecule has 0 saturated carbocycles. The Kier molecular flexibility index (Phi) is 8.68. The van der Waals surface area contributed by atoms with Gasteiger partial charge in [-0.3, -0.25) is 4.57 Å². The zero-order chi connectivity index (χ0) is 43.0. The van der Waals surface area contributed by atoms with Gasteiger partial charge in [0.15, 0.2) is 8.07 Å². The molecule has 0 spiro atoms. The van der Waals surface area contributed by atoms with Crippen molar-refractivity contribution in [2.75, 3.05) is 4.90 Å². The summed E-state index contributed by atoms with van der Waals surface area (Å²) in [6, 6.07) is 78.1. The third-order valence-electron chi connectivity index (χ3n) is 13.7. The van der Waals surface area contributed by atoms with Crippen LogP contribution in [-0.2, 0) is 12.5 Å². The molecular formula is C58H45N5Si. The smallest absolute Gasteiger partial charge is 0.179 e. The molecule has 306 valence electrons. The number of hydrogen-bond donors (Lipinski definition) is 0. The van der Waals surface area contributed by atoms with E-state index in [9.17, 15) is 0 Å². The minimum atomic E-state index is -3.02. The number of benzene rings is 8. The van der Waals surface area contributed by atoms with Crippen molar-refractivity contribution in [1.29, 1.82) is 0 Å². The van der Waals surface area contributed by atoms with Gasteiger partial charge in [-0.2, -0.15) is 0 Å². The summed E-state index contributed by atoms with van der Waals surface area (Å²) in [6.45, 7) is 4.73. The Bertz CT molecular complexity index is 3510. The number of para-hydroxylation sites is 4. The van der Waals surface area contributed by atoms with Crippen LogP contribution in [0, 0.1) is 0 Å². The number of anilines is 3. The molecule has 8 aromatic carbocycles. The molecule has 0 saturated heterocycles. The fourth-order valence-corrected chi connectivity index (χ4v) is 15.5. The molecule has 64 heavy (non-hydrogen) atoms.